The van der Waals surface area contributed by atoms with Crippen molar-refractivity contribution >= 4 is 50.7 Å². The van der Waals surface area contributed by atoms with Gasteiger partial charge >= 0.3 is 0 Å². The average molecular weight is 356 g/mol. The van der Waals surface area contributed by atoms with Crippen LogP contribution in [-0.4, -0.2) is 27.3 Å². The van der Waals surface area contributed by atoms with Gasteiger partial charge in [-0.15, -0.1) is 22.7 Å². The molecule has 1 aliphatic rings. The maximum Gasteiger partial charge on any atom is 0.246 e. The molecule has 5 nitrogen and oxygen atoms in total. The first-order valence-corrected chi connectivity index (χ1v) is 9.35. The average Bonchev–Trinajstić information content (AvgIpc) is 3.15. The molecule has 4 heterocycles. The van der Waals surface area contributed by atoms with Gasteiger partial charge in [0.05, 0.1) is 11.9 Å². The van der Waals surface area contributed by atoms with Gasteiger partial charge in [-0.2, -0.15) is 0 Å². The molecule has 122 valence electrons. The Labute approximate surface area is 147 Å². The normalized spacial score (nSPS) is 14.5. The molecule has 24 heavy (non-hydrogen) atoms. The molecule has 0 aliphatic carbocycles. The van der Waals surface area contributed by atoms with E-state index in [9.17, 15) is 4.79 Å². The van der Waals surface area contributed by atoms with E-state index in [4.69, 9.17) is 5.73 Å². The van der Waals surface area contributed by atoms with Gasteiger partial charge < -0.3 is 10.6 Å². The standard InChI is InChI=1S/C17H16N4OS2/c1-10-5-7-23-12(10)2-3-14(22)21-6-4-11-13(8-21)24-17-15(11)16(18)19-9-20-17/h2-3,5,7,9H,4,6,8H2,1H3,(H2,18,19,20). The van der Waals surface area contributed by atoms with Gasteiger partial charge in [-0.25, -0.2) is 9.97 Å². The molecule has 0 fully saturated rings. The number of carbonyl (C=O) groups excluding carboxylic acids is 1. The van der Waals surface area contributed by atoms with Crippen molar-refractivity contribution in [2.45, 2.75) is 19.9 Å². The van der Waals surface area contributed by atoms with Crippen molar-refractivity contribution < 1.29 is 4.79 Å². The fourth-order valence-corrected chi connectivity index (χ4v) is 4.98. The summed E-state index contributed by atoms with van der Waals surface area (Å²) < 4.78 is 0. The molecule has 0 spiro atoms. The van der Waals surface area contributed by atoms with Crippen LogP contribution >= 0.6 is 22.7 Å². The monoisotopic (exact) mass is 356 g/mol. The number of nitrogens with two attached hydrogens (primary N) is 1. The Morgan fingerprint density at radius 3 is 3.08 bits per heavy atom. The lowest BCUT2D eigenvalue weighted by molar-refractivity contribution is -0.126. The highest BCUT2D eigenvalue weighted by atomic mass is 32.1. The van der Waals surface area contributed by atoms with E-state index in [0.717, 1.165) is 26.4 Å². The highest BCUT2D eigenvalue weighted by molar-refractivity contribution is 7.19. The van der Waals surface area contributed by atoms with Gasteiger partial charge in [0.2, 0.25) is 5.91 Å². The van der Waals surface area contributed by atoms with Crippen LogP contribution in [0.3, 0.4) is 0 Å². The molecule has 3 aromatic heterocycles. The number of aromatic nitrogens is 2. The summed E-state index contributed by atoms with van der Waals surface area (Å²) in [6.07, 6.45) is 5.87. The highest BCUT2D eigenvalue weighted by Crippen LogP contribution is 2.36. The highest BCUT2D eigenvalue weighted by Gasteiger charge is 2.24. The number of hydrogen-bond acceptors (Lipinski definition) is 6. The number of rotatable bonds is 2. The molecule has 1 aliphatic heterocycles. The summed E-state index contributed by atoms with van der Waals surface area (Å²) in [6, 6.07) is 2.06. The molecule has 0 bridgehead atoms. The van der Waals surface area contributed by atoms with Crippen LogP contribution in [-0.2, 0) is 17.8 Å². The van der Waals surface area contributed by atoms with Gasteiger partial charge in [-0.1, -0.05) is 0 Å². The second kappa shape index (κ2) is 5.99. The van der Waals surface area contributed by atoms with Crippen LogP contribution in [0.25, 0.3) is 16.3 Å². The lowest BCUT2D eigenvalue weighted by atomic mass is 10.0. The zero-order valence-electron chi connectivity index (χ0n) is 13.2. The maximum atomic E-state index is 12.5. The van der Waals surface area contributed by atoms with Gasteiger partial charge in [0.15, 0.2) is 0 Å². The van der Waals surface area contributed by atoms with Crippen LogP contribution in [0.15, 0.2) is 23.8 Å². The summed E-state index contributed by atoms with van der Waals surface area (Å²) in [5.74, 6) is 0.579. The molecule has 2 N–H and O–H groups in total. The van der Waals surface area contributed by atoms with Crippen LogP contribution < -0.4 is 5.73 Å². The van der Waals surface area contributed by atoms with E-state index < -0.39 is 0 Å². The quantitative estimate of drug-likeness (QED) is 0.716. The van der Waals surface area contributed by atoms with E-state index >= 15 is 0 Å². The Morgan fingerprint density at radius 2 is 2.29 bits per heavy atom. The Kier molecular flexibility index (Phi) is 3.82. The minimum absolute atomic E-state index is 0.0463. The van der Waals surface area contributed by atoms with Crippen LogP contribution in [0.4, 0.5) is 5.82 Å². The van der Waals surface area contributed by atoms with E-state index in [1.165, 1.54) is 17.5 Å². The zero-order valence-corrected chi connectivity index (χ0v) is 14.8. The molecule has 3 aromatic rings. The Hall–Kier alpha value is -2.25. The topological polar surface area (TPSA) is 72.1 Å². The third kappa shape index (κ3) is 2.59. The van der Waals surface area contributed by atoms with Crippen molar-refractivity contribution in [3.8, 4) is 0 Å². The predicted molar refractivity (Wildman–Crippen MR) is 99.0 cm³/mol. The first-order chi connectivity index (χ1) is 11.6. The largest absolute Gasteiger partial charge is 0.383 e. The zero-order chi connectivity index (χ0) is 16.7. The van der Waals surface area contributed by atoms with Crippen molar-refractivity contribution in [1.29, 1.82) is 0 Å². The van der Waals surface area contributed by atoms with E-state index in [-0.39, 0.29) is 5.91 Å². The maximum absolute atomic E-state index is 12.5. The molecule has 0 saturated heterocycles. The Bertz CT molecular complexity index is 957. The summed E-state index contributed by atoms with van der Waals surface area (Å²) in [5.41, 5.74) is 8.40. The summed E-state index contributed by atoms with van der Waals surface area (Å²) in [5, 5.41) is 3.00. The van der Waals surface area contributed by atoms with Crippen LogP contribution in [0.5, 0.6) is 0 Å². The molecule has 7 heteroatoms. The number of thiophene rings is 2. The number of carbonyl (C=O) groups is 1. The van der Waals surface area contributed by atoms with E-state index in [1.807, 2.05) is 16.4 Å². The van der Waals surface area contributed by atoms with Crippen molar-refractivity contribution in [2.24, 2.45) is 0 Å². The van der Waals surface area contributed by atoms with Crippen LogP contribution in [0.2, 0.25) is 0 Å². The molecule has 0 radical (unpaired) electrons. The van der Waals surface area contributed by atoms with E-state index in [1.54, 1.807) is 28.7 Å². The minimum atomic E-state index is 0.0463. The smallest absolute Gasteiger partial charge is 0.246 e. The van der Waals surface area contributed by atoms with E-state index in [0.29, 0.717) is 18.9 Å². The number of anilines is 1. The van der Waals surface area contributed by atoms with E-state index in [2.05, 4.69) is 23.0 Å². The van der Waals surface area contributed by atoms with Crippen molar-refractivity contribution in [3.05, 3.63) is 44.7 Å². The fourth-order valence-electron chi connectivity index (χ4n) is 2.95. The number of fused-ring (bicyclic) bond motifs is 3. The number of nitrogens with zero attached hydrogens (tertiary/aromatic N) is 3. The van der Waals surface area contributed by atoms with Crippen molar-refractivity contribution in [3.63, 3.8) is 0 Å². The van der Waals surface area contributed by atoms with Gasteiger partial charge in [0, 0.05) is 22.4 Å². The van der Waals surface area contributed by atoms with Crippen molar-refractivity contribution in [2.75, 3.05) is 12.3 Å². The fraction of sp³-hybridized carbons (Fsp3) is 0.235. The van der Waals surface area contributed by atoms with Crippen molar-refractivity contribution in [1.82, 2.24) is 14.9 Å². The molecule has 0 saturated carbocycles. The molecular formula is C17H16N4OS2. The van der Waals surface area contributed by atoms with Gasteiger partial charge in [-0.05, 0) is 42.0 Å². The Morgan fingerprint density at radius 1 is 1.42 bits per heavy atom. The van der Waals surface area contributed by atoms with Gasteiger partial charge in [-0.3, -0.25) is 4.79 Å². The summed E-state index contributed by atoms with van der Waals surface area (Å²) >= 11 is 3.25. The Balaban J connectivity index is 1.57. The van der Waals surface area contributed by atoms with Crippen LogP contribution in [0, 0.1) is 6.92 Å². The number of aryl methyl sites for hydroxylation is 1. The lowest BCUT2D eigenvalue weighted by Crippen LogP contribution is -2.34. The third-order valence-corrected chi connectivity index (χ3v) is 6.37. The second-order valence-electron chi connectivity index (χ2n) is 5.75. The molecule has 0 aromatic carbocycles. The summed E-state index contributed by atoms with van der Waals surface area (Å²) in [6.45, 7) is 3.36. The number of amides is 1. The first kappa shape index (κ1) is 15.3. The molecule has 0 atom stereocenters. The second-order valence-corrected chi connectivity index (χ2v) is 7.79. The van der Waals surface area contributed by atoms with Gasteiger partial charge in [0.25, 0.3) is 0 Å². The number of nitrogen functional groups attached to an aromatic ring is 1. The molecule has 4 rings (SSSR count). The number of hydrogen-bond donors (Lipinski definition) is 1. The minimum Gasteiger partial charge on any atom is -0.383 e. The summed E-state index contributed by atoms with van der Waals surface area (Å²) in [4.78, 5) is 26.0. The van der Waals surface area contributed by atoms with Gasteiger partial charge in [0.1, 0.15) is 17.0 Å². The first-order valence-electron chi connectivity index (χ1n) is 7.65. The predicted octanol–water partition coefficient (Wildman–Crippen LogP) is 3.24. The third-order valence-electron chi connectivity index (χ3n) is 4.26. The summed E-state index contributed by atoms with van der Waals surface area (Å²) in [7, 11) is 0. The molecule has 1 amide bonds. The molecular weight excluding hydrogens is 340 g/mol. The lowest BCUT2D eigenvalue weighted by Gasteiger charge is -2.26. The molecule has 0 unspecified atom stereocenters. The SMILES string of the molecule is Cc1ccsc1C=CC(=O)N1CCc2c(sc3ncnc(N)c23)C1. The van der Waals surface area contributed by atoms with Crippen LogP contribution in [0.1, 0.15) is 20.9 Å².